The van der Waals surface area contributed by atoms with Crippen LogP contribution in [0.2, 0.25) is 0 Å². The van der Waals surface area contributed by atoms with Gasteiger partial charge in [-0.25, -0.2) is 0 Å². The summed E-state index contributed by atoms with van der Waals surface area (Å²) in [5.41, 5.74) is 0. The minimum absolute atomic E-state index is 0.0817. The summed E-state index contributed by atoms with van der Waals surface area (Å²) in [6.07, 6.45) is 86.4. The van der Waals surface area contributed by atoms with Crippen molar-refractivity contribution in [2.75, 3.05) is 13.2 Å². The van der Waals surface area contributed by atoms with E-state index in [0.717, 1.165) is 116 Å². The Morgan fingerprint density at radius 1 is 0.269 bits per heavy atom. The van der Waals surface area contributed by atoms with E-state index in [9.17, 15) is 14.4 Å². The van der Waals surface area contributed by atoms with Crippen LogP contribution in [-0.2, 0) is 28.6 Å². The zero-order valence-electron chi connectivity index (χ0n) is 51.9. The Kier molecular flexibility index (Phi) is 63.7. The molecule has 0 aromatic heterocycles. The van der Waals surface area contributed by atoms with Crippen LogP contribution in [0.25, 0.3) is 0 Å². The maximum Gasteiger partial charge on any atom is 0.306 e. The van der Waals surface area contributed by atoms with Gasteiger partial charge in [0, 0.05) is 19.3 Å². The predicted octanol–water partition coefficient (Wildman–Crippen LogP) is 23.3. The molecule has 1 unspecified atom stereocenters. The van der Waals surface area contributed by atoms with Gasteiger partial charge in [-0.15, -0.1) is 0 Å². The quantitative estimate of drug-likeness (QED) is 0.0261. The second-order valence-corrected chi connectivity index (χ2v) is 22.7. The standard InChI is InChI=1S/C72H128O6/c1-4-7-10-13-16-19-22-25-28-30-31-32-33-34-35-36-37-38-39-40-41-42-45-47-50-53-56-59-62-65-71(74)77-68-69(67-76-70(73)64-61-58-55-52-49-46-43-27-24-21-18-15-12-9-6-3)78-72(75)66-63-60-57-54-51-48-44-29-26-23-20-17-14-11-8-5-2/h9,12,18,21-22,25,27,29-31,43-44,69H,4-8,10-11,13-17,19-20,23-24,26,28,32-42,45-68H2,1-3H3/b12-9-,21-18-,25-22-,31-30-,43-27-,44-29-. The summed E-state index contributed by atoms with van der Waals surface area (Å²) in [4.78, 5) is 38.3. The highest BCUT2D eigenvalue weighted by Gasteiger charge is 2.19. The topological polar surface area (TPSA) is 78.9 Å². The van der Waals surface area contributed by atoms with Gasteiger partial charge in [-0.05, 0) is 109 Å². The first-order chi connectivity index (χ1) is 38.5. The molecule has 0 saturated carbocycles. The number of carbonyl (C=O) groups is 3. The van der Waals surface area contributed by atoms with Crippen LogP contribution in [0, 0.1) is 0 Å². The van der Waals surface area contributed by atoms with Crippen molar-refractivity contribution in [3.05, 3.63) is 72.9 Å². The highest BCUT2D eigenvalue weighted by atomic mass is 16.6. The summed E-state index contributed by atoms with van der Waals surface area (Å²) in [6, 6.07) is 0. The van der Waals surface area contributed by atoms with Crippen LogP contribution in [0.4, 0.5) is 0 Å². The van der Waals surface area contributed by atoms with E-state index in [-0.39, 0.29) is 31.1 Å². The molecular weight excluding hydrogens is 961 g/mol. The third kappa shape index (κ3) is 63.7. The molecule has 0 aromatic rings. The fourth-order valence-electron chi connectivity index (χ4n) is 9.84. The normalized spacial score (nSPS) is 12.5. The molecule has 0 rings (SSSR count). The first-order valence-electron chi connectivity index (χ1n) is 33.9. The fourth-order valence-corrected chi connectivity index (χ4v) is 9.84. The molecule has 0 N–H and O–H groups in total. The maximum atomic E-state index is 12.9. The number of hydrogen-bond donors (Lipinski definition) is 0. The van der Waals surface area contributed by atoms with Gasteiger partial charge in [0.2, 0.25) is 0 Å². The number of ether oxygens (including phenoxy) is 3. The summed E-state index contributed by atoms with van der Waals surface area (Å²) in [5, 5.41) is 0. The monoisotopic (exact) mass is 1090 g/mol. The fraction of sp³-hybridized carbons (Fsp3) is 0.792. The van der Waals surface area contributed by atoms with Crippen LogP contribution < -0.4 is 0 Å². The van der Waals surface area contributed by atoms with E-state index in [2.05, 4.69) is 93.7 Å². The first kappa shape index (κ1) is 74.8. The largest absolute Gasteiger partial charge is 0.462 e. The highest BCUT2D eigenvalue weighted by Crippen LogP contribution is 2.17. The molecule has 0 aliphatic heterocycles. The van der Waals surface area contributed by atoms with Gasteiger partial charge in [0.1, 0.15) is 13.2 Å². The van der Waals surface area contributed by atoms with Crippen LogP contribution in [0.3, 0.4) is 0 Å². The predicted molar refractivity (Wildman–Crippen MR) is 339 cm³/mol. The molecule has 1 atom stereocenters. The number of esters is 3. The minimum atomic E-state index is -0.787. The van der Waals surface area contributed by atoms with Crippen molar-refractivity contribution in [2.24, 2.45) is 0 Å². The van der Waals surface area contributed by atoms with Gasteiger partial charge >= 0.3 is 17.9 Å². The zero-order chi connectivity index (χ0) is 56.4. The second kappa shape index (κ2) is 66.4. The van der Waals surface area contributed by atoms with Crippen molar-refractivity contribution in [1.29, 1.82) is 0 Å². The third-order valence-corrected chi connectivity index (χ3v) is 14.9. The van der Waals surface area contributed by atoms with Crippen LogP contribution in [0.1, 0.15) is 348 Å². The van der Waals surface area contributed by atoms with Crippen LogP contribution in [-0.4, -0.2) is 37.2 Å². The first-order valence-corrected chi connectivity index (χ1v) is 33.9. The van der Waals surface area contributed by atoms with Crippen molar-refractivity contribution in [3.8, 4) is 0 Å². The Morgan fingerprint density at radius 2 is 0.500 bits per heavy atom. The smallest absolute Gasteiger partial charge is 0.306 e. The van der Waals surface area contributed by atoms with Gasteiger partial charge in [-0.1, -0.05) is 293 Å². The number of hydrogen-bond acceptors (Lipinski definition) is 6. The summed E-state index contributed by atoms with van der Waals surface area (Å²) in [6.45, 7) is 6.54. The van der Waals surface area contributed by atoms with Gasteiger partial charge in [-0.3, -0.25) is 14.4 Å². The van der Waals surface area contributed by atoms with E-state index in [1.807, 2.05) is 0 Å². The molecule has 0 bridgehead atoms. The number of unbranched alkanes of at least 4 members (excludes halogenated alkanes) is 39. The van der Waals surface area contributed by atoms with Crippen LogP contribution in [0.15, 0.2) is 72.9 Å². The number of rotatable bonds is 62. The summed E-state index contributed by atoms with van der Waals surface area (Å²) >= 11 is 0. The average Bonchev–Trinajstić information content (AvgIpc) is 3.44. The van der Waals surface area contributed by atoms with Crippen molar-refractivity contribution in [2.45, 2.75) is 354 Å². The lowest BCUT2D eigenvalue weighted by Gasteiger charge is -2.18. The molecule has 0 radical (unpaired) electrons. The molecule has 6 heteroatoms. The van der Waals surface area contributed by atoms with Crippen molar-refractivity contribution in [3.63, 3.8) is 0 Å². The Bertz CT molecular complexity index is 1440. The van der Waals surface area contributed by atoms with Crippen LogP contribution >= 0.6 is 0 Å². The third-order valence-electron chi connectivity index (χ3n) is 14.9. The van der Waals surface area contributed by atoms with Gasteiger partial charge < -0.3 is 14.2 Å². The molecule has 0 saturated heterocycles. The molecule has 0 fully saturated rings. The Balaban J connectivity index is 4.24. The lowest BCUT2D eigenvalue weighted by molar-refractivity contribution is -0.167. The molecule has 0 spiro atoms. The molecule has 0 amide bonds. The van der Waals surface area contributed by atoms with E-state index < -0.39 is 6.10 Å². The van der Waals surface area contributed by atoms with Gasteiger partial charge in [0.05, 0.1) is 0 Å². The maximum absolute atomic E-state index is 12.9. The minimum Gasteiger partial charge on any atom is -0.462 e. The summed E-state index contributed by atoms with van der Waals surface area (Å²) in [5.74, 6) is -0.891. The Labute approximate surface area is 484 Å². The van der Waals surface area contributed by atoms with Crippen molar-refractivity contribution >= 4 is 17.9 Å². The van der Waals surface area contributed by atoms with Crippen LogP contribution in [0.5, 0.6) is 0 Å². The van der Waals surface area contributed by atoms with Gasteiger partial charge in [0.25, 0.3) is 0 Å². The molecular formula is C72H128O6. The summed E-state index contributed by atoms with van der Waals surface area (Å²) in [7, 11) is 0. The Hall–Kier alpha value is -3.15. The molecule has 78 heavy (non-hydrogen) atoms. The van der Waals surface area contributed by atoms with Crippen molar-refractivity contribution < 1.29 is 28.6 Å². The average molecular weight is 1090 g/mol. The molecule has 0 aliphatic carbocycles. The van der Waals surface area contributed by atoms with E-state index in [0.29, 0.717) is 19.3 Å². The molecule has 452 valence electrons. The number of carbonyl (C=O) groups excluding carboxylic acids is 3. The molecule has 0 aliphatic rings. The van der Waals surface area contributed by atoms with Gasteiger partial charge in [-0.2, -0.15) is 0 Å². The van der Waals surface area contributed by atoms with E-state index in [4.69, 9.17) is 14.2 Å². The highest BCUT2D eigenvalue weighted by molar-refractivity contribution is 5.71. The lowest BCUT2D eigenvalue weighted by Crippen LogP contribution is -2.30. The van der Waals surface area contributed by atoms with Gasteiger partial charge in [0.15, 0.2) is 6.10 Å². The lowest BCUT2D eigenvalue weighted by atomic mass is 10.0. The number of allylic oxidation sites excluding steroid dienone is 12. The van der Waals surface area contributed by atoms with E-state index >= 15 is 0 Å². The van der Waals surface area contributed by atoms with E-state index in [1.165, 1.54) is 193 Å². The molecule has 0 aromatic carbocycles. The van der Waals surface area contributed by atoms with Crippen molar-refractivity contribution in [1.82, 2.24) is 0 Å². The molecule has 0 heterocycles. The second-order valence-electron chi connectivity index (χ2n) is 22.7. The summed E-state index contributed by atoms with van der Waals surface area (Å²) < 4.78 is 16.9. The Morgan fingerprint density at radius 3 is 0.795 bits per heavy atom. The van der Waals surface area contributed by atoms with E-state index in [1.54, 1.807) is 0 Å². The SMILES string of the molecule is CC/C=C\C/C=C\C/C=C\CCCCCCCC(=O)OCC(COC(=O)CCCCCCCCCCCCCCCCCCC/C=C\C/C=C\CCCCCCC)OC(=O)CCCCCCC/C=C\CCCCCCCCC. The zero-order valence-corrected chi connectivity index (χ0v) is 51.9. The molecule has 6 nitrogen and oxygen atoms in total.